The summed E-state index contributed by atoms with van der Waals surface area (Å²) in [6, 6.07) is 0.241. The number of rotatable bonds is 5. The molecule has 0 aliphatic heterocycles. The lowest BCUT2D eigenvalue weighted by Crippen LogP contribution is -3.00. The van der Waals surface area contributed by atoms with Crippen molar-refractivity contribution in [3.8, 4) is 0 Å². The first-order valence-corrected chi connectivity index (χ1v) is 4.62. The van der Waals surface area contributed by atoms with Gasteiger partial charge in [-0.15, -0.1) is 0 Å². The Bertz CT molecular complexity index is 187. The fourth-order valence-corrected chi connectivity index (χ4v) is 1.20. The molecule has 1 amide bonds. The third kappa shape index (κ3) is 8.50. The van der Waals surface area contributed by atoms with Gasteiger partial charge in [-0.2, -0.15) is 0 Å². The Balaban J connectivity index is 0. The van der Waals surface area contributed by atoms with Crippen LogP contribution in [0.5, 0.6) is 0 Å². The number of nitrogens with one attached hydrogen (secondary N) is 1. The molecule has 1 unspecified atom stereocenters. The van der Waals surface area contributed by atoms with Crippen LogP contribution in [0.15, 0.2) is 12.7 Å². The Hall–Kier alpha value is -0.100. The quantitative estimate of drug-likeness (QED) is 0.348. The minimum Gasteiger partial charge on any atom is -1.00 e. The zero-order chi connectivity index (χ0) is 10.5. The molecule has 0 heterocycles. The second-order valence-corrected chi connectivity index (χ2v) is 4.29. The van der Waals surface area contributed by atoms with E-state index >= 15 is 0 Å². The molecule has 0 aromatic heterocycles. The number of carbonyl (C=O) groups excluding carboxylic acids is 1. The summed E-state index contributed by atoms with van der Waals surface area (Å²) in [5, 5.41) is 2.90. The molecule has 0 rings (SSSR count). The van der Waals surface area contributed by atoms with Crippen molar-refractivity contribution in [3.05, 3.63) is 12.7 Å². The minimum absolute atomic E-state index is 0. The third-order valence-corrected chi connectivity index (χ3v) is 1.79. The highest BCUT2D eigenvalue weighted by Gasteiger charge is 2.16. The van der Waals surface area contributed by atoms with Gasteiger partial charge in [-0.3, -0.25) is 4.79 Å². The first-order chi connectivity index (χ1) is 5.89. The third-order valence-electron chi connectivity index (χ3n) is 1.79. The SMILES string of the molecule is C=CC(=O)NC(CC)C[N+](C)(C)C.[I-]. The monoisotopic (exact) mass is 312 g/mol. The normalized spacial score (nSPS) is 12.6. The number of hydrogen-bond donors (Lipinski definition) is 1. The van der Waals surface area contributed by atoms with Crippen LogP contribution >= 0.6 is 0 Å². The van der Waals surface area contributed by atoms with Gasteiger partial charge in [-0.1, -0.05) is 13.5 Å². The number of likely N-dealkylation sites (N-methyl/N-ethyl adjacent to an activating group) is 1. The predicted molar refractivity (Wildman–Crippen MR) is 55.3 cm³/mol. The topological polar surface area (TPSA) is 29.1 Å². The van der Waals surface area contributed by atoms with Crippen LogP contribution in [-0.4, -0.2) is 44.1 Å². The van der Waals surface area contributed by atoms with Crippen LogP contribution < -0.4 is 29.3 Å². The van der Waals surface area contributed by atoms with Gasteiger partial charge in [0.2, 0.25) is 5.91 Å². The number of carbonyl (C=O) groups is 1. The summed E-state index contributed by atoms with van der Waals surface area (Å²) in [4.78, 5) is 11.0. The van der Waals surface area contributed by atoms with Crippen molar-refractivity contribution < 1.29 is 33.3 Å². The second kappa shape index (κ2) is 7.23. The molecule has 0 aliphatic rings. The van der Waals surface area contributed by atoms with Gasteiger partial charge in [-0.05, 0) is 12.5 Å². The standard InChI is InChI=1S/C10H20N2O.HI/c1-6-9(8-12(3,4)5)11-10(13)7-2;/h7,9H,2,6,8H2,1,3-5H3;1H. The molecule has 1 atom stereocenters. The molecule has 0 bridgehead atoms. The number of halogens is 1. The zero-order valence-corrected chi connectivity index (χ0v) is 11.7. The predicted octanol–water partition coefficient (Wildman–Crippen LogP) is -2.22. The number of hydrogen-bond acceptors (Lipinski definition) is 1. The molecule has 14 heavy (non-hydrogen) atoms. The summed E-state index contributed by atoms with van der Waals surface area (Å²) < 4.78 is 0.857. The lowest BCUT2D eigenvalue weighted by atomic mass is 10.2. The van der Waals surface area contributed by atoms with Gasteiger partial charge in [0.1, 0.15) is 0 Å². The van der Waals surface area contributed by atoms with Crippen molar-refractivity contribution in [1.29, 1.82) is 0 Å². The van der Waals surface area contributed by atoms with Crippen molar-refractivity contribution in [3.63, 3.8) is 0 Å². The van der Waals surface area contributed by atoms with Crippen molar-refractivity contribution in [2.75, 3.05) is 27.7 Å². The van der Waals surface area contributed by atoms with Crippen LogP contribution in [0.3, 0.4) is 0 Å². The van der Waals surface area contributed by atoms with Crippen LogP contribution in [-0.2, 0) is 4.79 Å². The maximum atomic E-state index is 11.0. The summed E-state index contributed by atoms with van der Waals surface area (Å²) >= 11 is 0. The number of quaternary nitrogens is 1. The molecule has 0 fully saturated rings. The molecular formula is C10H21IN2O. The molecule has 0 spiro atoms. The molecule has 0 saturated heterocycles. The van der Waals surface area contributed by atoms with E-state index in [1.54, 1.807) is 0 Å². The molecular weight excluding hydrogens is 291 g/mol. The zero-order valence-electron chi connectivity index (χ0n) is 9.51. The summed E-state index contributed by atoms with van der Waals surface area (Å²) in [6.07, 6.45) is 2.27. The summed E-state index contributed by atoms with van der Waals surface area (Å²) in [5.74, 6) is -0.0831. The molecule has 3 nitrogen and oxygen atoms in total. The van der Waals surface area contributed by atoms with E-state index in [0.29, 0.717) is 0 Å². The highest BCUT2D eigenvalue weighted by Crippen LogP contribution is 1.98. The van der Waals surface area contributed by atoms with Crippen molar-refractivity contribution in [1.82, 2.24) is 5.32 Å². The van der Waals surface area contributed by atoms with Gasteiger partial charge in [0.15, 0.2) is 0 Å². The summed E-state index contributed by atoms with van der Waals surface area (Å²) in [7, 11) is 6.34. The highest BCUT2D eigenvalue weighted by atomic mass is 127. The Labute approximate surface area is 104 Å². The first kappa shape index (κ1) is 16.3. The molecule has 0 aromatic rings. The fourth-order valence-electron chi connectivity index (χ4n) is 1.20. The van der Waals surface area contributed by atoms with Crippen molar-refractivity contribution in [2.24, 2.45) is 0 Å². The van der Waals surface area contributed by atoms with E-state index in [1.807, 2.05) is 0 Å². The van der Waals surface area contributed by atoms with Gasteiger partial charge in [-0.25, -0.2) is 0 Å². The highest BCUT2D eigenvalue weighted by molar-refractivity contribution is 5.87. The van der Waals surface area contributed by atoms with Crippen LogP contribution in [0.1, 0.15) is 13.3 Å². The van der Waals surface area contributed by atoms with E-state index in [9.17, 15) is 4.79 Å². The number of nitrogens with zero attached hydrogens (tertiary/aromatic N) is 1. The Morgan fingerprint density at radius 2 is 2.00 bits per heavy atom. The molecule has 0 radical (unpaired) electrons. The van der Waals surface area contributed by atoms with Crippen LogP contribution in [0, 0.1) is 0 Å². The number of amides is 1. The van der Waals surface area contributed by atoms with Crippen LogP contribution in [0.2, 0.25) is 0 Å². The van der Waals surface area contributed by atoms with Gasteiger partial charge in [0, 0.05) is 0 Å². The van der Waals surface area contributed by atoms with E-state index < -0.39 is 0 Å². The Kier molecular flexibility index (Phi) is 8.43. The lowest BCUT2D eigenvalue weighted by molar-refractivity contribution is -0.871. The van der Waals surface area contributed by atoms with E-state index in [2.05, 4.69) is 40.0 Å². The smallest absolute Gasteiger partial charge is 0.243 e. The average molecular weight is 312 g/mol. The van der Waals surface area contributed by atoms with Gasteiger partial charge >= 0.3 is 0 Å². The van der Waals surface area contributed by atoms with Crippen molar-refractivity contribution >= 4 is 5.91 Å². The van der Waals surface area contributed by atoms with Crippen LogP contribution in [0.25, 0.3) is 0 Å². The van der Waals surface area contributed by atoms with E-state index in [-0.39, 0.29) is 35.9 Å². The Morgan fingerprint density at radius 1 is 1.50 bits per heavy atom. The Morgan fingerprint density at radius 3 is 2.29 bits per heavy atom. The van der Waals surface area contributed by atoms with E-state index in [1.165, 1.54) is 6.08 Å². The largest absolute Gasteiger partial charge is 1.00 e. The van der Waals surface area contributed by atoms with E-state index in [4.69, 9.17) is 0 Å². The summed E-state index contributed by atoms with van der Waals surface area (Å²) in [5.41, 5.74) is 0. The molecule has 84 valence electrons. The first-order valence-electron chi connectivity index (χ1n) is 4.62. The lowest BCUT2D eigenvalue weighted by Gasteiger charge is -2.28. The van der Waals surface area contributed by atoms with Gasteiger partial charge in [0.05, 0.1) is 33.7 Å². The van der Waals surface area contributed by atoms with Gasteiger partial charge in [0.25, 0.3) is 0 Å². The molecule has 4 heteroatoms. The fraction of sp³-hybridized carbons (Fsp3) is 0.700. The second-order valence-electron chi connectivity index (χ2n) is 4.29. The van der Waals surface area contributed by atoms with Gasteiger partial charge < -0.3 is 33.8 Å². The average Bonchev–Trinajstić information content (AvgIpc) is 2.00. The molecule has 0 aliphatic carbocycles. The maximum absolute atomic E-state index is 11.0. The molecule has 1 N–H and O–H groups in total. The van der Waals surface area contributed by atoms with E-state index in [0.717, 1.165) is 17.4 Å². The minimum atomic E-state index is -0.0831. The van der Waals surface area contributed by atoms with Crippen LogP contribution in [0.4, 0.5) is 0 Å². The maximum Gasteiger partial charge on any atom is 0.243 e. The molecule has 0 saturated carbocycles. The van der Waals surface area contributed by atoms with Crippen molar-refractivity contribution in [2.45, 2.75) is 19.4 Å². The summed E-state index contributed by atoms with van der Waals surface area (Å²) in [6.45, 7) is 6.44. The molecule has 0 aromatic carbocycles.